The Morgan fingerprint density at radius 3 is 2.85 bits per heavy atom. The molecule has 0 saturated carbocycles. The van der Waals surface area contributed by atoms with Gasteiger partial charge in [0.2, 0.25) is 5.95 Å². The first-order chi connectivity index (χ1) is 16.5. The van der Waals surface area contributed by atoms with Crippen LogP contribution in [-0.4, -0.2) is 21.0 Å². The number of fused-ring (bicyclic) bond motifs is 1. The highest BCUT2D eigenvalue weighted by molar-refractivity contribution is 5.73. The monoisotopic (exact) mass is 453 g/mol. The van der Waals surface area contributed by atoms with Gasteiger partial charge in [-0.15, -0.1) is 0 Å². The number of rotatable bonds is 5. The molecule has 1 aliphatic carbocycles. The molecule has 0 fully saturated rings. The van der Waals surface area contributed by atoms with Crippen LogP contribution in [0.4, 0.5) is 10.3 Å². The second-order valence-electron chi connectivity index (χ2n) is 8.78. The molecule has 6 heteroatoms. The van der Waals surface area contributed by atoms with Crippen molar-refractivity contribution in [2.24, 2.45) is 0 Å². The van der Waals surface area contributed by atoms with Gasteiger partial charge in [0.15, 0.2) is 0 Å². The summed E-state index contributed by atoms with van der Waals surface area (Å²) in [5.74, 6) is 0.319. The second-order valence-corrected chi connectivity index (χ2v) is 8.78. The molecule has 3 aliphatic rings. The summed E-state index contributed by atoms with van der Waals surface area (Å²) in [6, 6.07) is 10.3. The molecule has 0 bridgehead atoms. The normalized spacial score (nSPS) is 20.2. The molecule has 5 nitrogen and oxygen atoms in total. The standard InChI is InChI=1S/C28H28FN5/c1-18-14-16-34-25(17-18)33-26(21-8-6-9-22(29)12-11-21)27(34)24-13-15-30-28(32-24)31-20(3)23-10-5-4-7-19(23)2/h4-7,9-17,20,25,33H,8H2,1-3H3,(H,30,31,32). The Morgan fingerprint density at radius 2 is 2.00 bits per heavy atom. The predicted octanol–water partition coefficient (Wildman–Crippen LogP) is 6.07. The minimum atomic E-state index is -0.248. The zero-order valence-electron chi connectivity index (χ0n) is 19.6. The zero-order valence-corrected chi connectivity index (χ0v) is 19.6. The summed E-state index contributed by atoms with van der Waals surface area (Å²) in [5, 5.41) is 7.07. The first-order valence-corrected chi connectivity index (χ1v) is 11.5. The number of aromatic nitrogens is 2. The largest absolute Gasteiger partial charge is 0.360 e. The van der Waals surface area contributed by atoms with Gasteiger partial charge in [0.05, 0.1) is 23.1 Å². The number of nitrogens with one attached hydrogen (secondary N) is 2. The number of hydrogen-bond acceptors (Lipinski definition) is 5. The molecule has 5 rings (SSSR count). The molecule has 2 aliphatic heterocycles. The molecule has 2 N–H and O–H groups in total. The average molecular weight is 454 g/mol. The van der Waals surface area contributed by atoms with E-state index in [4.69, 9.17) is 4.98 Å². The molecule has 34 heavy (non-hydrogen) atoms. The van der Waals surface area contributed by atoms with Gasteiger partial charge in [0.1, 0.15) is 12.0 Å². The summed E-state index contributed by atoms with van der Waals surface area (Å²) >= 11 is 0. The van der Waals surface area contributed by atoms with Crippen molar-refractivity contribution in [3.05, 3.63) is 119 Å². The first kappa shape index (κ1) is 21.9. The van der Waals surface area contributed by atoms with Crippen LogP contribution in [0.3, 0.4) is 0 Å². The predicted molar refractivity (Wildman–Crippen MR) is 135 cm³/mol. The molecule has 2 unspecified atom stereocenters. The van der Waals surface area contributed by atoms with Crippen molar-refractivity contribution in [2.75, 3.05) is 5.32 Å². The van der Waals surface area contributed by atoms with Gasteiger partial charge in [-0.05, 0) is 79.8 Å². The quantitative estimate of drug-likeness (QED) is 0.575. The molecule has 1 aromatic heterocycles. The van der Waals surface area contributed by atoms with Crippen LogP contribution >= 0.6 is 0 Å². The molecular formula is C28H28FN5. The maximum atomic E-state index is 13.8. The Morgan fingerprint density at radius 1 is 1.15 bits per heavy atom. The van der Waals surface area contributed by atoms with E-state index in [1.165, 1.54) is 28.9 Å². The van der Waals surface area contributed by atoms with Crippen molar-refractivity contribution in [3.8, 4) is 0 Å². The summed E-state index contributed by atoms with van der Waals surface area (Å²) in [7, 11) is 0. The van der Waals surface area contributed by atoms with E-state index >= 15 is 0 Å². The number of anilines is 1. The lowest BCUT2D eigenvalue weighted by Gasteiger charge is -2.26. The van der Waals surface area contributed by atoms with Gasteiger partial charge in [-0.25, -0.2) is 14.4 Å². The SMILES string of the molecule is CC1=CC2NC(C3=CC=C(F)C=CC3)=C(c3ccnc(NC(C)c4ccccc4C)n3)N2C=C1. The Bertz CT molecular complexity index is 1300. The minimum Gasteiger partial charge on any atom is -0.360 e. The first-order valence-electron chi connectivity index (χ1n) is 11.5. The number of hydrogen-bond donors (Lipinski definition) is 2. The highest BCUT2D eigenvalue weighted by atomic mass is 19.1. The van der Waals surface area contributed by atoms with Gasteiger partial charge in [-0.2, -0.15) is 0 Å². The molecule has 0 radical (unpaired) electrons. The molecule has 0 saturated heterocycles. The van der Waals surface area contributed by atoms with E-state index in [-0.39, 0.29) is 18.0 Å². The van der Waals surface area contributed by atoms with Crippen LogP contribution in [0.5, 0.6) is 0 Å². The third-order valence-corrected chi connectivity index (χ3v) is 6.28. The highest BCUT2D eigenvalue weighted by Gasteiger charge is 2.33. The van der Waals surface area contributed by atoms with Gasteiger partial charge >= 0.3 is 0 Å². The van der Waals surface area contributed by atoms with E-state index < -0.39 is 0 Å². The topological polar surface area (TPSA) is 53.1 Å². The molecular weight excluding hydrogens is 425 g/mol. The third kappa shape index (κ3) is 4.31. The Labute approximate surface area is 199 Å². The molecule has 2 atom stereocenters. The van der Waals surface area contributed by atoms with Crippen molar-refractivity contribution >= 4 is 11.6 Å². The molecule has 3 heterocycles. The van der Waals surface area contributed by atoms with Crippen LogP contribution in [0.1, 0.15) is 43.1 Å². The fourth-order valence-electron chi connectivity index (χ4n) is 4.54. The fourth-order valence-corrected chi connectivity index (χ4v) is 4.54. The van der Waals surface area contributed by atoms with E-state index in [2.05, 4.69) is 71.8 Å². The van der Waals surface area contributed by atoms with E-state index in [0.717, 1.165) is 22.7 Å². The Kier molecular flexibility index (Phi) is 5.88. The average Bonchev–Trinajstić information content (AvgIpc) is 3.05. The van der Waals surface area contributed by atoms with E-state index in [9.17, 15) is 4.39 Å². The van der Waals surface area contributed by atoms with Crippen LogP contribution in [0.2, 0.25) is 0 Å². The Balaban J connectivity index is 1.53. The van der Waals surface area contributed by atoms with Gasteiger partial charge in [0, 0.05) is 12.4 Å². The van der Waals surface area contributed by atoms with E-state index in [0.29, 0.717) is 12.4 Å². The fraction of sp³-hybridized carbons (Fsp3) is 0.214. The van der Waals surface area contributed by atoms with Crippen LogP contribution in [0, 0.1) is 6.92 Å². The maximum absolute atomic E-state index is 13.8. The van der Waals surface area contributed by atoms with Crippen molar-refractivity contribution in [2.45, 2.75) is 39.4 Å². The lowest BCUT2D eigenvalue weighted by molar-refractivity contribution is 0.435. The number of nitrogens with zero attached hydrogens (tertiary/aromatic N) is 3. The van der Waals surface area contributed by atoms with E-state index in [1.807, 2.05) is 30.4 Å². The summed E-state index contributed by atoms with van der Waals surface area (Å²) in [6.45, 7) is 6.30. The van der Waals surface area contributed by atoms with Crippen LogP contribution in [-0.2, 0) is 0 Å². The van der Waals surface area contributed by atoms with Gasteiger partial charge < -0.3 is 15.5 Å². The number of halogens is 1. The van der Waals surface area contributed by atoms with E-state index in [1.54, 1.807) is 6.20 Å². The number of allylic oxidation sites excluding steroid dienone is 8. The van der Waals surface area contributed by atoms with Gasteiger partial charge in [-0.3, -0.25) is 0 Å². The molecule has 0 spiro atoms. The Hall–Kier alpha value is -3.93. The van der Waals surface area contributed by atoms with Crippen LogP contribution < -0.4 is 10.6 Å². The van der Waals surface area contributed by atoms with Crippen molar-refractivity contribution in [1.29, 1.82) is 0 Å². The summed E-state index contributed by atoms with van der Waals surface area (Å²) in [4.78, 5) is 11.6. The molecule has 1 aromatic carbocycles. The molecule has 172 valence electrons. The zero-order chi connectivity index (χ0) is 23.7. The lowest BCUT2D eigenvalue weighted by Crippen LogP contribution is -2.34. The highest BCUT2D eigenvalue weighted by Crippen LogP contribution is 2.37. The molecule has 0 amide bonds. The number of aryl methyl sites for hydroxylation is 1. The number of benzene rings is 1. The molecule has 2 aromatic rings. The van der Waals surface area contributed by atoms with Gasteiger partial charge in [0.25, 0.3) is 0 Å². The summed E-state index contributed by atoms with van der Waals surface area (Å²) in [6.07, 6.45) is 15.4. The maximum Gasteiger partial charge on any atom is 0.223 e. The van der Waals surface area contributed by atoms with Crippen molar-refractivity contribution in [3.63, 3.8) is 0 Å². The second kappa shape index (κ2) is 9.14. The smallest absolute Gasteiger partial charge is 0.223 e. The van der Waals surface area contributed by atoms with Crippen molar-refractivity contribution in [1.82, 2.24) is 20.2 Å². The summed E-state index contributed by atoms with van der Waals surface area (Å²) in [5.41, 5.74) is 7.34. The third-order valence-electron chi connectivity index (χ3n) is 6.28. The summed E-state index contributed by atoms with van der Waals surface area (Å²) < 4.78 is 13.8. The van der Waals surface area contributed by atoms with Gasteiger partial charge in [-0.1, -0.05) is 36.4 Å². The van der Waals surface area contributed by atoms with Crippen LogP contribution in [0.15, 0.2) is 102 Å². The van der Waals surface area contributed by atoms with Crippen molar-refractivity contribution < 1.29 is 4.39 Å². The van der Waals surface area contributed by atoms with Crippen LogP contribution in [0.25, 0.3) is 5.70 Å². The lowest BCUT2D eigenvalue weighted by atomic mass is 10.0. The minimum absolute atomic E-state index is 0.0192.